The van der Waals surface area contributed by atoms with Gasteiger partial charge in [0.1, 0.15) is 5.82 Å². The average Bonchev–Trinajstić information content (AvgIpc) is 2.78. The molecule has 22 heavy (non-hydrogen) atoms. The van der Waals surface area contributed by atoms with Crippen molar-refractivity contribution in [1.29, 1.82) is 0 Å². The molecule has 2 aromatic rings. The van der Waals surface area contributed by atoms with E-state index in [2.05, 4.69) is 5.10 Å². The Hall–Kier alpha value is -2.57. The van der Waals surface area contributed by atoms with Gasteiger partial charge in [0.05, 0.1) is 6.54 Å². The summed E-state index contributed by atoms with van der Waals surface area (Å²) in [6.45, 7) is 2.36. The quantitative estimate of drug-likeness (QED) is 0.876. The molecule has 0 radical (unpaired) electrons. The normalized spacial score (nSPS) is 17.0. The van der Waals surface area contributed by atoms with Gasteiger partial charge >= 0.3 is 11.8 Å². The van der Waals surface area contributed by atoms with Gasteiger partial charge in [-0.1, -0.05) is 29.8 Å². The van der Waals surface area contributed by atoms with E-state index in [-0.39, 0.29) is 5.69 Å². The van der Waals surface area contributed by atoms with Gasteiger partial charge in [0.2, 0.25) is 0 Å². The number of fused-ring (bicyclic) bond motifs is 1. The predicted octanol–water partition coefficient (Wildman–Crippen LogP) is 1.93. The lowest BCUT2D eigenvalue weighted by Gasteiger charge is -2.21. The van der Waals surface area contributed by atoms with Crippen molar-refractivity contribution in [3.8, 4) is 0 Å². The monoisotopic (exact) mass is 303 g/mol. The lowest BCUT2D eigenvalue weighted by atomic mass is 10.1. The third-order valence-electron chi connectivity index (χ3n) is 3.77. The number of aromatic nitrogens is 3. The number of ether oxygens (including phenoxy) is 1. The van der Waals surface area contributed by atoms with Crippen molar-refractivity contribution in [2.45, 2.75) is 39.0 Å². The molecule has 0 fully saturated rings. The number of aryl methyl sites for hydroxylation is 2. The second-order valence-corrected chi connectivity index (χ2v) is 5.44. The third kappa shape index (κ3) is 2.74. The molecule has 1 aliphatic rings. The third-order valence-corrected chi connectivity index (χ3v) is 3.77. The van der Waals surface area contributed by atoms with Gasteiger partial charge in [-0.2, -0.15) is 5.10 Å². The molecule has 7 nitrogen and oxygen atoms in total. The summed E-state index contributed by atoms with van der Waals surface area (Å²) >= 11 is 0. The molecule has 0 unspecified atom stereocenters. The Morgan fingerprint density at radius 2 is 2.14 bits per heavy atom. The Morgan fingerprint density at radius 1 is 1.41 bits per heavy atom. The van der Waals surface area contributed by atoms with Crippen molar-refractivity contribution >= 4 is 6.16 Å². The fourth-order valence-electron chi connectivity index (χ4n) is 2.69. The van der Waals surface area contributed by atoms with Crippen LogP contribution in [0, 0.1) is 6.92 Å². The smallest absolute Gasteiger partial charge is 0.450 e. The van der Waals surface area contributed by atoms with Crippen LogP contribution >= 0.6 is 0 Å². The number of benzene rings is 1. The van der Waals surface area contributed by atoms with Crippen LogP contribution in [0.2, 0.25) is 0 Å². The van der Waals surface area contributed by atoms with Crippen molar-refractivity contribution < 1.29 is 14.6 Å². The average molecular weight is 303 g/mol. The molecular weight excluding hydrogens is 286 g/mol. The summed E-state index contributed by atoms with van der Waals surface area (Å²) in [4.78, 5) is 23.2. The number of carbonyl (C=O) groups is 1. The van der Waals surface area contributed by atoms with Crippen LogP contribution in [0.4, 0.5) is 4.79 Å². The molecule has 0 amide bonds. The highest BCUT2D eigenvalue weighted by Crippen LogP contribution is 2.23. The highest BCUT2D eigenvalue weighted by atomic mass is 16.7. The minimum absolute atomic E-state index is 0.332. The van der Waals surface area contributed by atoms with Crippen LogP contribution in [0.3, 0.4) is 0 Å². The van der Waals surface area contributed by atoms with Crippen molar-refractivity contribution in [3.63, 3.8) is 0 Å². The van der Waals surface area contributed by atoms with E-state index in [1.165, 1.54) is 9.25 Å². The number of hydrogen-bond donors (Lipinski definition) is 1. The summed E-state index contributed by atoms with van der Waals surface area (Å²) in [6.07, 6.45) is -0.263. The first-order chi connectivity index (χ1) is 10.5. The number of nitrogens with zero attached hydrogens (tertiary/aromatic N) is 3. The Morgan fingerprint density at radius 3 is 2.82 bits per heavy atom. The van der Waals surface area contributed by atoms with Crippen LogP contribution in [0.25, 0.3) is 0 Å². The second kappa shape index (κ2) is 5.67. The number of hydrogen-bond acceptors (Lipinski definition) is 4. The number of rotatable bonds is 3. The molecule has 1 aromatic carbocycles. The van der Waals surface area contributed by atoms with Crippen LogP contribution in [-0.4, -0.2) is 25.6 Å². The summed E-state index contributed by atoms with van der Waals surface area (Å²) in [5.41, 5.74) is 1.79. The van der Waals surface area contributed by atoms with Gasteiger partial charge in [-0.05, 0) is 18.9 Å². The highest BCUT2D eigenvalue weighted by molar-refractivity contribution is 5.56. The van der Waals surface area contributed by atoms with Crippen LogP contribution < -0.4 is 5.69 Å². The molecule has 1 atom stereocenters. The Kier molecular flexibility index (Phi) is 3.70. The summed E-state index contributed by atoms with van der Waals surface area (Å²) in [5.74, 6) is 0.578. The molecule has 0 bridgehead atoms. The topological polar surface area (TPSA) is 86.4 Å². The molecule has 1 N–H and O–H groups in total. The standard InChI is InChI=1S/C15H17N3O4/c1-10-5-7-11(8-6-10)9-17-14(19)18-12(16-17)3-2-4-13(18)22-15(20)21/h5-8,13H,2-4,9H2,1H3,(H,20,21)/t13-/m0/s1. The Labute approximate surface area is 126 Å². The molecule has 116 valence electrons. The maximum atomic E-state index is 12.5. The highest BCUT2D eigenvalue weighted by Gasteiger charge is 2.27. The maximum Gasteiger partial charge on any atom is 0.507 e. The minimum atomic E-state index is -1.38. The maximum absolute atomic E-state index is 12.5. The van der Waals surface area contributed by atoms with E-state index in [0.29, 0.717) is 25.2 Å². The predicted molar refractivity (Wildman–Crippen MR) is 77.9 cm³/mol. The van der Waals surface area contributed by atoms with Gasteiger partial charge in [0.15, 0.2) is 6.23 Å². The van der Waals surface area contributed by atoms with Crippen LogP contribution in [0.15, 0.2) is 29.1 Å². The van der Waals surface area contributed by atoms with Gasteiger partial charge in [-0.15, -0.1) is 0 Å². The van der Waals surface area contributed by atoms with Crippen molar-refractivity contribution in [1.82, 2.24) is 14.3 Å². The largest absolute Gasteiger partial charge is 0.507 e. The first-order valence-corrected chi connectivity index (χ1v) is 7.18. The van der Waals surface area contributed by atoms with E-state index in [0.717, 1.165) is 17.5 Å². The van der Waals surface area contributed by atoms with Crippen molar-refractivity contribution in [2.75, 3.05) is 0 Å². The zero-order valence-corrected chi connectivity index (χ0v) is 12.2. The summed E-state index contributed by atoms with van der Waals surface area (Å²) in [5, 5.41) is 13.1. The zero-order valence-electron chi connectivity index (χ0n) is 12.2. The van der Waals surface area contributed by atoms with Gasteiger partial charge in [0, 0.05) is 12.8 Å². The number of carboxylic acid groups (broad SMARTS) is 1. The lowest BCUT2D eigenvalue weighted by molar-refractivity contribution is 0.00392. The Balaban J connectivity index is 1.91. The molecule has 0 saturated heterocycles. The molecule has 0 saturated carbocycles. The van der Waals surface area contributed by atoms with Crippen LogP contribution in [0.5, 0.6) is 0 Å². The van der Waals surface area contributed by atoms with Gasteiger partial charge in [-0.25, -0.2) is 18.8 Å². The zero-order chi connectivity index (χ0) is 15.7. The van der Waals surface area contributed by atoms with Crippen molar-refractivity contribution in [3.05, 3.63) is 51.7 Å². The summed E-state index contributed by atoms with van der Waals surface area (Å²) < 4.78 is 7.52. The fraction of sp³-hybridized carbons (Fsp3) is 0.400. The molecule has 2 heterocycles. The molecule has 1 aliphatic heterocycles. The summed E-state index contributed by atoms with van der Waals surface area (Å²) in [6, 6.07) is 7.86. The van der Waals surface area contributed by atoms with E-state index >= 15 is 0 Å². The second-order valence-electron chi connectivity index (χ2n) is 5.44. The van der Waals surface area contributed by atoms with Crippen molar-refractivity contribution in [2.24, 2.45) is 0 Å². The van der Waals surface area contributed by atoms with E-state index < -0.39 is 12.4 Å². The molecule has 3 rings (SSSR count). The van der Waals surface area contributed by atoms with E-state index in [1.54, 1.807) is 0 Å². The van der Waals surface area contributed by atoms with E-state index in [4.69, 9.17) is 9.84 Å². The van der Waals surface area contributed by atoms with E-state index in [9.17, 15) is 9.59 Å². The molecular formula is C15H17N3O4. The SMILES string of the molecule is Cc1ccc(Cn2nc3n(c2=O)[C@@H](OC(=O)O)CCC3)cc1. The van der Waals surface area contributed by atoms with Gasteiger partial charge < -0.3 is 9.84 Å². The fourth-order valence-corrected chi connectivity index (χ4v) is 2.69. The first kappa shape index (κ1) is 14.4. The first-order valence-electron chi connectivity index (χ1n) is 7.18. The molecule has 0 aliphatic carbocycles. The summed E-state index contributed by atoms with van der Waals surface area (Å²) in [7, 11) is 0. The lowest BCUT2D eigenvalue weighted by Crippen LogP contribution is -2.33. The van der Waals surface area contributed by atoms with E-state index in [1.807, 2.05) is 31.2 Å². The molecule has 0 spiro atoms. The van der Waals surface area contributed by atoms with Gasteiger partial charge in [0.25, 0.3) is 0 Å². The van der Waals surface area contributed by atoms with Crippen LogP contribution in [0.1, 0.15) is 36.0 Å². The van der Waals surface area contributed by atoms with Crippen LogP contribution in [-0.2, 0) is 17.7 Å². The molecule has 7 heteroatoms. The van der Waals surface area contributed by atoms with Gasteiger partial charge in [-0.3, -0.25) is 0 Å². The molecule has 1 aromatic heterocycles. The Bertz CT molecular complexity index is 745. The minimum Gasteiger partial charge on any atom is -0.450 e.